The zero-order chi connectivity index (χ0) is 14.0. The van der Waals surface area contributed by atoms with E-state index in [-0.39, 0.29) is 23.3 Å². The fourth-order valence-corrected chi connectivity index (χ4v) is 1.51. The summed E-state index contributed by atoms with van der Waals surface area (Å²) < 4.78 is 42.7. The van der Waals surface area contributed by atoms with Crippen LogP contribution in [0.15, 0.2) is 28.8 Å². The summed E-state index contributed by atoms with van der Waals surface area (Å²) >= 11 is 0. The summed E-state index contributed by atoms with van der Waals surface area (Å²) in [7, 11) is 0. The summed E-state index contributed by atoms with van der Waals surface area (Å²) in [4.78, 5) is 4.00. The summed E-state index contributed by atoms with van der Waals surface area (Å²) in [6, 6.07) is 4.34. The first-order chi connectivity index (χ1) is 8.91. The van der Waals surface area contributed by atoms with Gasteiger partial charge in [-0.3, -0.25) is 0 Å². The number of halogens is 3. The molecule has 0 amide bonds. The molecular formula is C12H12F3N3O. The monoisotopic (exact) mass is 271 g/mol. The van der Waals surface area contributed by atoms with E-state index in [4.69, 9.17) is 10.3 Å². The van der Waals surface area contributed by atoms with Gasteiger partial charge in [0.25, 0.3) is 5.89 Å². The van der Waals surface area contributed by atoms with Crippen LogP contribution in [0.4, 0.5) is 13.2 Å². The quantitative estimate of drug-likeness (QED) is 0.931. The molecule has 0 aliphatic rings. The molecule has 0 aliphatic heterocycles. The predicted molar refractivity (Wildman–Crippen MR) is 62.0 cm³/mol. The Balaban J connectivity index is 2.34. The number of nitrogens with zero attached hydrogens (tertiary/aromatic N) is 2. The van der Waals surface area contributed by atoms with Crippen LogP contribution in [0.25, 0.3) is 11.5 Å². The molecule has 19 heavy (non-hydrogen) atoms. The van der Waals surface area contributed by atoms with E-state index in [9.17, 15) is 13.2 Å². The molecule has 0 bridgehead atoms. The zero-order valence-corrected chi connectivity index (χ0v) is 10.1. The highest BCUT2D eigenvalue weighted by Crippen LogP contribution is 2.31. The topological polar surface area (TPSA) is 64.9 Å². The van der Waals surface area contributed by atoms with Gasteiger partial charge in [-0.05, 0) is 24.6 Å². The fourth-order valence-electron chi connectivity index (χ4n) is 1.51. The molecule has 102 valence electrons. The van der Waals surface area contributed by atoms with Crippen molar-refractivity contribution in [2.24, 2.45) is 5.73 Å². The highest BCUT2D eigenvalue weighted by molar-refractivity contribution is 5.54. The van der Waals surface area contributed by atoms with E-state index in [1.807, 2.05) is 6.92 Å². The van der Waals surface area contributed by atoms with Crippen molar-refractivity contribution in [3.05, 3.63) is 35.7 Å². The molecule has 0 fully saturated rings. The normalized spacial score (nSPS) is 13.5. The molecule has 1 aromatic heterocycles. The van der Waals surface area contributed by atoms with Gasteiger partial charge in [0.15, 0.2) is 5.82 Å². The Morgan fingerprint density at radius 3 is 2.74 bits per heavy atom. The number of alkyl halides is 3. The largest absolute Gasteiger partial charge is 0.416 e. The molecule has 2 rings (SSSR count). The first-order valence-electron chi connectivity index (χ1n) is 5.68. The van der Waals surface area contributed by atoms with Crippen molar-refractivity contribution in [3.8, 4) is 11.5 Å². The average Bonchev–Trinajstić information content (AvgIpc) is 2.86. The predicted octanol–water partition coefficient (Wildman–Crippen LogP) is 3.17. The first kappa shape index (κ1) is 13.5. The molecule has 7 heteroatoms. The highest BCUT2D eigenvalue weighted by Gasteiger charge is 2.30. The van der Waals surface area contributed by atoms with Gasteiger partial charge < -0.3 is 10.3 Å². The number of rotatable bonds is 3. The molecule has 0 saturated heterocycles. The highest BCUT2D eigenvalue weighted by atomic mass is 19.4. The van der Waals surface area contributed by atoms with Gasteiger partial charge in [-0.15, -0.1) is 0 Å². The van der Waals surface area contributed by atoms with Crippen molar-refractivity contribution < 1.29 is 17.7 Å². The molecule has 4 nitrogen and oxygen atoms in total. The molecule has 0 aliphatic carbocycles. The Hall–Kier alpha value is -1.89. The minimum absolute atomic E-state index is 0.0324. The van der Waals surface area contributed by atoms with Crippen LogP contribution >= 0.6 is 0 Å². The maximum absolute atomic E-state index is 12.6. The molecule has 1 heterocycles. The van der Waals surface area contributed by atoms with Gasteiger partial charge in [0.05, 0.1) is 11.6 Å². The Bertz CT molecular complexity index is 565. The van der Waals surface area contributed by atoms with Crippen LogP contribution in [0.1, 0.15) is 30.8 Å². The van der Waals surface area contributed by atoms with E-state index in [0.717, 1.165) is 12.1 Å². The molecule has 2 aromatic rings. The maximum Gasteiger partial charge on any atom is 0.416 e. The van der Waals surface area contributed by atoms with Gasteiger partial charge in [-0.25, -0.2) is 0 Å². The first-order valence-corrected chi connectivity index (χ1v) is 5.68. The van der Waals surface area contributed by atoms with Gasteiger partial charge in [0.1, 0.15) is 0 Å². The van der Waals surface area contributed by atoms with Crippen LogP contribution in [-0.2, 0) is 6.18 Å². The molecule has 2 N–H and O–H groups in total. The average molecular weight is 271 g/mol. The summed E-state index contributed by atoms with van der Waals surface area (Å²) in [5.41, 5.74) is 5.18. The number of hydrogen-bond donors (Lipinski definition) is 1. The second-order valence-electron chi connectivity index (χ2n) is 4.05. The van der Waals surface area contributed by atoms with Gasteiger partial charge in [-0.1, -0.05) is 18.1 Å². The lowest BCUT2D eigenvalue weighted by Gasteiger charge is -2.06. The third-order valence-corrected chi connectivity index (χ3v) is 2.65. The lowest BCUT2D eigenvalue weighted by molar-refractivity contribution is -0.137. The van der Waals surface area contributed by atoms with Crippen molar-refractivity contribution in [1.82, 2.24) is 10.1 Å². The fraction of sp³-hybridized carbons (Fsp3) is 0.333. The van der Waals surface area contributed by atoms with Crippen LogP contribution in [0, 0.1) is 0 Å². The van der Waals surface area contributed by atoms with E-state index >= 15 is 0 Å². The SMILES string of the molecule is CCC(N)c1noc(-c2cccc(C(F)(F)F)c2)n1. The minimum atomic E-state index is -4.40. The van der Waals surface area contributed by atoms with Crippen LogP contribution in [0.3, 0.4) is 0 Å². The number of nitrogens with two attached hydrogens (primary N) is 1. The Labute approximate surface area is 107 Å². The molecule has 0 saturated carbocycles. The molecule has 1 unspecified atom stereocenters. The van der Waals surface area contributed by atoms with Crippen molar-refractivity contribution in [2.45, 2.75) is 25.6 Å². The van der Waals surface area contributed by atoms with Gasteiger partial charge >= 0.3 is 6.18 Å². The second kappa shape index (κ2) is 5.00. The van der Waals surface area contributed by atoms with Gasteiger partial charge in [-0.2, -0.15) is 18.2 Å². The second-order valence-corrected chi connectivity index (χ2v) is 4.05. The van der Waals surface area contributed by atoms with E-state index < -0.39 is 11.7 Å². The Morgan fingerprint density at radius 1 is 1.37 bits per heavy atom. The molecule has 0 radical (unpaired) electrons. The van der Waals surface area contributed by atoms with E-state index in [1.165, 1.54) is 12.1 Å². The molecule has 1 aromatic carbocycles. The van der Waals surface area contributed by atoms with E-state index in [1.54, 1.807) is 0 Å². The lowest BCUT2D eigenvalue weighted by atomic mass is 10.1. The Morgan fingerprint density at radius 2 is 2.11 bits per heavy atom. The number of hydrogen-bond acceptors (Lipinski definition) is 4. The summed E-state index contributed by atoms with van der Waals surface area (Å²) in [5, 5.41) is 3.66. The van der Waals surface area contributed by atoms with Crippen molar-refractivity contribution >= 4 is 0 Å². The van der Waals surface area contributed by atoms with Crippen LogP contribution in [-0.4, -0.2) is 10.1 Å². The van der Waals surface area contributed by atoms with Crippen LogP contribution in [0.2, 0.25) is 0 Å². The standard InChI is InChI=1S/C12H12F3N3O/c1-2-9(16)10-17-11(19-18-10)7-4-3-5-8(6-7)12(13,14)15/h3-6,9H,2,16H2,1H3. The Kier molecular flexibility index (Phi) is 3.57. The minimum Gasteiger partial charge on any atom is -0.334 e. The summed E-state index contributed by atoms with van der Waals surface area (Å²) in [6.07, 6.45) is -3.79. The number of benzene rings is 1. The van der Waals surface area contributed by atoms with Gasteiger partial charge in [0.2, 0.25) is 0 Å². The summed E-state index contributed by atoms with van der Waals surface area (Å²) in [6.45, 7) is 1.85. The van der Waals surface area contributed by atoms with Crippen LogP contribution in [0.5, 0.6) is 0 Å². The zero-order valence-electron chi connectivity index (χ0n) is 10.1. The van der Waals surface area contributed by atoms with E-state index in [0.29, 0.717) is 6.42 Å². The maximum atomic E-state index is 12.6. The molecular weight excluding hydrogens is 259 g/mol. The summed E-state index contributed by atoms with van der Waals surface area (Å²) in [5.74, 6) is 0.319. The van der Waals surface area contributed by atoms with Gasteiger partial charge in [0, 0.05) is 5.56 Å². The lowest BCUT2D eigenvalue weighted by Crippen LogP contribution is -2.10. The smallest absolute Gasteiger partial charge is 0.334 e. The van der Waals surface area contributed by atoms with Crippen molar-refractivity contribution in [1.29, 1.82) is 0 Å². The molecule has 0 spiro atoms. The van der Waals surface area contributed by atoms with Crippen molar-refractivity contribution in [3.63, 3.8) is 0 Å². The third-order valence-electron chi connectivity index (χ3n) is 2.65. The van der Waals surface area contributed by atoms with E-state index in [2.05, 4.69) is 10.1 Å². The third kappa shape index (κ3) is 2.93. The van der Waals surface area contributed by atoms with Crippen LogP contribution < -0.4 is 5.73 Å². The number of aromatic nitrogens is 2. The molecule has 1 atom stereocenters. The van der Waals surface area contributed by atoms with Crippen molar-refractivity contribution in [2.75, 3.05) is 0 Å².